The first-order chi connectivity index (χ1) is 10.1. The van der Waals surface area contributed by atoms with E-state index in [4.69, 9.17) is 10.4 Å². The molecule has 0 unspecified atom stereocenters. The monoisotopic (exact) mass is 282 g/mol. The van der Waals surface area contributed by atoms with Crippen molar-refractivity contribution < 1.29 is 14.7 Å². The van der Waals surface area contributed by atoms with Crippen molar-refractivity contribution in [3.8, 4) is 6.07 Å². The quantitative estimate of drug-likeness (QED) is 0.798. The SMILES string of the molecule is N#Cc1ccc(NC(=O)Nc2cnccc2C(=O)O)cc1. The number of aromatic carboxylic acids is 1. The van der Waals surface area contributed by atoms with Crippen molar-refractivity contribution in [3.05, 3.63) is 53.9 Å². The van der Waals surface area contributed by atoms with Gasteiger partial charge in [-0.15, -0.1) is 0 Å². The number of pyridine rings is 1. The van der Waals surface area contributed by atoms with Gasteiger partial charge in [0, 0.05) is 11.9 Å². The van der Waals surface area contributed by atoms with Crippen molar-refractivity contribution in [2.45, 2.75) is 0 Å². The van der Waals surface area contributed by atoms with Crippen molar-refractivity contribution in [2.75, 3.05) is 10.6 Å². The second-order valence-corrected chi connectivity index (χ2v) is 3.99. The molecule has 0 spiro atoms. The molecule has 7 heteroatoms. The number of aromatic nitrogens is 1. The van der Waals surface area contributed by atoms with Crippen LogP contribution in [-0.2, 0) is 0 Å². The van der Waals surface area contributed by atoms with E-state index in [1.165, 1.54) is 18.5 Å². The third-order valence-corrected chi connectivity index (χ3v) is 2.57. The summed E-state index contributed by atoms with van der Waals surface area (Å²) < 4.78 is 0. The van der Waals surface area contributed by atoms with E-state index in [0.29, 0.717) is 11.3 Å². The number of benzene rings is 1. The molecule has 0 saturated carbocycles. The zero-order valence-electron chi connectivity index (χ0n) is 10.7. The van der Waals surface area contributed by atoms with Crippen LogP contribution in [0.4, 0.5) is 16.2 Å². The number of nitrogens with one attached hydrogen (secondary N) is 2. The minimum Gasteiger partial charge on any atom is -0.478 e. The summed E-state index contributed by atoms with van der Waals surface area (Å²) >= 11 is 0. The number of amides is 2. The second-order valence-electron chi connectivity index (χ2n) is 3.99. The Morgan fingerprint density at radius 2 is 1.86 bits per heavy atom. The van der Waals surface area contributed by atoms with Crippen LogP contribution in [0, 0.1) is 11.3 Å². The zero-order valence-corrected chi connectivity index (χ0v) is 10.7. The fourth-order valence-corrected chi connectivity index (χ4v) is 1.59. The molecule has 2 rings (SSSR count). The Morgan fingerprint density at radius 3 is 2.48 bits per heavy atom. The van der Waals surface area contributed by atoms with Gasteiger partial charge in [0.15, 0.2) is 0 Å². The first-order valence-electron chi connectivity index (χ1n) is 5.85. The topological polar surface area (TPSA) is 115 Å². The number of urea groups is 1. The van der Waals surface area contributed by atoms with E-state index < -0.39 is 12.0 Å². The van der Waals surface area contributed by atoms with Gasteiger partial charge in [0.25, 0.3) is 0 Å². The maximum absolute atomic E-state index is 11.8. The lowest BCUT2D eigenvalue weighted by atomic mass is 10.2. The predicted molar refractivity (Wildman–Crippen MR) is 75.0 cm³/mol. The number of hydrogen-bond donors (Lipinski definition) is 3. The molecule has 0 bridgehead atoms. The number of carbonyl (C=O) groups excluding carboxylic acids is 1. The number of hydrogen-bond acceptors (Lipinski definition) is 4. The fourth-order valence-electron chi connectivity index (χ4n) is 1.59. The third kappa shape index (κ3) is 3.54. The molecular formula is C14H10N4O3. The molecule has 0 atom stereocenters. The van der Waals surface area contributed by atoms with Gasteiger partial charge in [0.1, 0.15) is 0 Å². The normalized spacial score (nSPS) is 9.48. The van der Waals surface area contributed by atoms with Crippen LogP contribution >= 0.6 is 0 Å². The fraction of sp³-hybridized carbons (Fsp3) is 0. The molecule has 21 heavy (non-hydrogen) atoms. The molecule has 0 saturated heterocycles. The summed E-state index contributed by atoms with van der Waals surface area (Å²) in [6.07, 6.45) is 2.58. The lowest BCUT2D eigenvalue weighted by molar-refractivity contribution is 0.0698. The summed E-state index contributed by atoms with van der Waals surface area (Å²) in [5.74, 6) is -1.16. The van der Waals surface area contributed by atoms with E-state index in [1.54, 1.807) is 24.3 Å². The number of carboxylic acid groups (broad SMARTS) is 1. The van der Waals surface area contributed by atoms with E-state index in [1.807, 2.05) is 6.07 Å². The van der Waals surface area contributed by atoms with Gasteiger partial charge in [0.2, 0.25) is 0 Å². The van der Waals surface area contributed by atoms with Crippen LogP contribution in [0.5, 0.6) is 0 Å². The average Bonchev–Trinajstić information content (AvgIpc) is 2.48. The van der Waals surface area contributed by atoms with E-state index in [-0.39, 0.29) is 11.3 Å². The molecule has 7 nitrogen and oxygen atoms in total. The van der Waals surface area contributed by atoms with Crippen molar-refractivity contribution in [3.63, 3.8) is 0 Å². The van der Waals surface area contributed by atoms with Crippen LogP contribution in [-0.4, -0.2) is 22.1 Å². The highest BCUT2D eigenvalue weighted by atomic mass is 16.4. The van der Waals surface area contributed by atoms with Gasteiger partial charge in [-0.1, -0.05) is 0 Å². The van der Waals surface area contributed by atoms with Gasteiger partial charge in [0.05, 0.1) is 29.1 Å². The van der Waals surface area contributed by atoms with E-state index in [0.717, 1.165) is 0 Å². The zero-order chi connectivity index (χ0) is 15.2. The molecule has 2 aromatic rings. The van der Waals surface area contributed by atoms with Crippen molar-refractivity contribution in [2.24, 2.45) is 0 Å². The Balaban J connectivity index is 2.08. The Bertz CT molecular complexity index is 720. The molecule has 0 aliphatic heterocycles. The Labute approximate surface area is 119 Å². The first-order valence-corrected chi connectivity index (χ1v) is 5.85. The maximum Gasteiger partial charge on any atom is 0.337 e. The van der Waals surface area contributed by atoms with Crippen LogP contribution in [0.3, 0.4) is 0 Å². The maximum atomic E-state index is 11.8. The summed E-state index contributed by atoms with van der Waals surface area (Å²) in [6, 6.07) is 8.91. The van der Waals surface area contributed by atoms with Crippen molar-refractivity contribution >= 4 is 23.4 Å². The minimum atomic E-state index is -1.16. The summed E-state index contributed by atoms with van der Waals surface area (Å²) in [5.41, 5.74) is 0.991. The Kier molecular flexibility index (Phi) is 4.11. The molecule has 0 aliphatic rings. The molecule has 2 amide bonds. The number of rotatable bonds is 3. The molecule has 0 fully saturated rings. The number of nitriles is 1. The average molecular weight is 282 g/mol. The Morgan fingerprint density at radius 1 is 1.14 bits per heavy atom. The van der Waals surface area contributed by atoms with Gasteiger partial charge in [-0.05, 0) is 30.3 Å². The predicted octanol–water partition coefficient (Wildman–Crippen LogP) is 2.30. The first kappa shape index (κ1) is 14.0. The van der Waals surface area contributed by atoms with Crippen LogP contribution in [0.15, 0.2) is 42.7 Å². The molecular weight excluding hydrogens is 272 g/mol. The summed E-state index contributed by atoms with van der Waals surface area (Å²) in [7, 11) is 0. The molecule has 0 aliphatic carbocycles. The van der Waals surface area contributed by atoms with E-state index in [2.05, 4.69) is 15.6 Å². The third-order valence-electron chi connectivity index (χ3n) is 2.57. The molecule has 3 N–H and O–H groups in total. The number of anilines is 2. The molecule has 0 radical (unpaired) electrons. The van der Waals surface area contributed by atoms with Gasteiger partial charge >= 0.3 is 12.0 Å². The Hall–Kier alpha value is -3.40. The lowest BCUT2D eigenvalue weighted by Crippen LogP contribution is -2.21. The lowest BCUT2D eigenvalue weighted by Gasteiger charge is -2.09. The van der Waals surface area contributed by atoms with Crippen molar-refractivity contribution in [1.82, 2.24) is 4.98 Å². The highest BCUT2D eigenvalue weighted by Crippen LogP contribution is 2.14. The van der Waals surface area contributed by atoms with Gasteiger partial charge < -0.3 is 15.7 Å². The van der Waals surface area contributed by atoms with Crippen LogP contribution in [0.2, 0.25) is 0 Å². The number of carboxylic acids is 1. The summed E-state index contributed by atoms with van der Waals surface area (Å²) in [5, 5.41) is 22.6. The second kappa shape index (κ2) is 6.16. The number of nitrogens with zero attached hydrogens (tertiary/aromatic N) is 2. The molecule has 1 aromatic heterocycles. The number of carbonyl (C=O) groups is 2. The van der Waals surface area contributed by atoms with E-state index in [9.17, 15) is 9.59 Å². The smallest absolute Gasteiger partial charge is 0.337 e. The molecule has 104 valence electrons. The van der Waals surface area contributed by atoms with Gasteiger partial charge in [-0.3, -0.25) is 4.98 Å². The van der Waals surface area contributed by atoms with Crippen molar-refractivity contribution in [1.29, 1.82) is 5.26 Å². The van der Waals surface area contributed by atoms with Crippen LogP contribution in [0.1, 0.15) is 15.9 Å². The molecule has 1 aromatic carbocycles. The van der Waals surface area contributed by atoms with Gasteiger partial charge in [-0.25, -0.2) is 9.59 Å². The highest BCUT2D eigenvalue weighted by Gasteiger charge is 2.12. The van der Waals surface area contributed by atoms with E-state index >= 15 is 0 Å². The van der Waals surface area contributed by atoms with Crippen LogP contribution < -0.4 is 10.6 Å². The summed E-state index contributed by atoms with van der Waals surface area (Å²) in [4.78, 5) is 26.6. The summed E-state index contributed by atoms with van der Waals surface area (Å²) in [6.45, 7) is 0. The van der Waals surface area contributed by atoms with Gasteiger partial charge in [-0.2, -0.15) is 5.26 Å². The standard InChI is InChI=1S/C14H10N4O3/c15-7-9-1-3-10(4-2-9)17-14(21)18-12-8-16-6-5-11(12)13(19)20/h1-6,8H,(H,19,20)(H2,17,18,21). The largest absolute Gasteiger partial charge is 0.478 e. The highest BCUT2D eigenvalue weighted by molar-refractivity contribution is 6.04. The van der Waals surface area contributed by atoms with Crippen LogP contribution in [0.25, 0.3) is 0 Å². The molecule has 1 heterocycles. The minimum absolute atomic E-state index is 0.0556.